The first-order valence-electron chi connectivity index (χ1n) is 10.2. The molecule has 0 radical (unpaired) electrons. The molecular weight excluding hydrogens is 352 g/mol. The summed E-state index contributed by atoms with van der Waals surface area (Å²) in [6.07, 6.45) is 10.2. The minimum atomic E-state index is 0.598. The van der Waals surface area contributed by atoms with Gasteiger partial charge in [-0.25, -0.2) is 0 Å². The van der Waals surface area contributed by atoms with Crippen molar-refractivity contribution >= 4 is 17.6 Å². The Morgan fingerprint density at radius 1 is 1.04 bits per heavy atom. The van der Waals surface area contributed by atoms with E-state index < -0.39 is 0 Å². The van der Waals surface area contributed by atoms with Gasteiger partial charge in [0.05, 0.1) is 0 Å². The van der Waals surface area contributed by atoms with Crippen molar-refractivity contribution in [3.05, 3.63) is 59.7 Å². The Labute approximate surface area is 167 Å². The summed E-state index contributed by atoms with van der Waals surface area (Å²) in [5.41, 5.74) is 3.76. The lowest BCUT2D eigenvalue weighted by atomic mass is 9.86. The maximum Gasteiger partial charge on any atom is 0.119 e. The number of hydrogen-bond acceptors (Lipinski definition) is 4. The number of piperidine rings is 2. The first-order valence-corrected chi connectivity index (χ1v) is 11.4. The van der Waals surface area contributed by atoms with Gasteiger partial charge in [-0.05, 0) is 74.0 Å². The molecule has 0 aromatic heterocycles. The van der Waals surface area contributed by atoms with E-state index in [9.17, 15) is 0 Å². The molecule has 2 aliphatic heterocycles. The van der Waals surface area contributed by atoms with E-state index in [2.05, 4.69) is 58.2 Å². The lowest BCUT2D eigenvalue weighted by Gasteiger charge is -2.45. The molecule has 1 N–H and O–H groups in total. The zero-order chi connectivity index (χ0) is 18.5. The van der Waals surface area contributed by atoms with E-state index in [0.29, 0.717) is 12.6 Å². The third-order valence-corrected chi connectivity index (χ3v) is 6.35. The normalized spacial score (nSPS) is 22.9. The molecule has 2 unspecified atom stereocenters. The number of ether oxygens (including phenoxy) is 1. The first kappa shape index (κ1) is 18.7. The predicted octanol–water partition coefficient (Wildman–Crippen LogP) is 6.04. The van der Waals surface area contributed by atoms with Gasteiger partial charge in [-0.15, -0.1) is 0 Å². The topological polar surface area (TPSA) is 24.5 Å². The van der Waals surface area contributed by atoms with Gasteiger partial charge in [0.1, 0.15) is 12.4 Å². The van der Waals surface area contributed by atoms with Gasteiger partial charge in [-0.3, -0.25) is 4.90 Å². The van der Waals surface area contributed by atoms with Crippen molar-refractivity contribution in [3.63, 3.8) is 0 Å². The minimum Gasteiger partial charge on any atom is -0.489 e. The van der Waals surface area contributed by atoms with Crippen LogP contribution in [0.2, 0.25) is 0 Å². The second kappa shape index (κ2) is 9.03. The van der Waals surface area contributed by atoms with Crippen LogP contribution in [0.15, 0.2) is 48.5 Å². The van der Waals surface area contributed by atoms with Crippen LogP contribution in [0.25, 0.3) is 0 Å². The zero-order valence-electron chi connectivity index (χ0n) is 16.2. The third kappa shape index (κ3) is 4.61. The largest absolute Gasteiger partial charge is 0.489 e. The first-order chi connectivity index (χ1) is 13.3. The van der Waals surface area contributed by atoms with Crippen molar-refractivity contribution in [2.45, 2.75) is 57.2 Å². The SMILES string of the molecule is CSNc1cccc(COc2ccc(C3CCCC4CCCCN43)cc2)c1. The van der Waals surface area contributed by atoms with Crippen molar-refractivity contribution in [1.29, 1.82) is 0 Å². The van der Waals surface area contributed by atoms with Gasteiger partial charge in [0.25, 0.3) is 0 Å². The molecule has 2 atom stereocenters. The van der Waals surface area contributed by atoms with Crippen molar-refractivity contribution in [3.8, 4) is 5.75 Å². The van der Waals surface area contributed by atoms with Gasteiger partial charge < -0.3 is 9.46 Å². The van der Waals surface area contributed by atoms with E-state index >= 15 is 0 Å². The molecule has 2 aromatic rings. The van der Waals surface area contributed by atoms with Gasteiger partial charge in [0.15, 0.2) is 0 Å². The van der Waals surface area contributed by atoms with Gasteiger partial charge in [-0.1, -0.05) is 42.6 Å². The lowest BCUT2D eigenvalue weighted by molar-refractivity contribution is 0.0518. The summed E-state index contributed by atoms with van der Waals surface area (Å²) in [7, 11) is 0. The summed E-state index contributed by atoms with van der Waals surface area (Å²) in [5.74, 6) is 0.952. The Bertz CT molecular complexity index is 731. The highest BCUT2D eigenvalue weighted by molar-refractivity contribution is 7.99. The molecule has 4 heteroatoms. The Morgan fingerprint density at radius 2 is 1.89 bits per heavy atom. The Morgan fingerprint density at radius 3 is 2.74 bits per heavy atom. The van der Waals surface area contributed by atoms with Crippen LogP contribution in [0, 0.1) is 0 Å². The summed E-state index contributed by atoms with van der Waals surface area (Å²) in [5, 5.41) is 0. The van der Waals surface area contributed by atoms with Crippen LogP contribution in [0.1, 0.15) is 55.7 Å². The van der Waals surface area contributed by atoms with Crippen molar-refractivity contribution in [2.24, 2.45) is 0 Å². The van der Waals surface area contributed by atoms with Gasteiger partial charge in [0.2, 0.25) is 0 Å². The molecule has 4 rings (SSSR count). The minimum absolute atomic E-state index is 0.598. The van der Waals surface area contributed by atoms with E-state index in [1.165, 1.54) is 56.2 Å². The monoisotopic (exact) mass is 382 g/mol. The maximum atomic E-state index is 6.03. The molecule has 0 saturated carbocycles. The standard InChI is InChI=1S/C23H30N2OS/c1-27-24-20-7-4-6-18(16-20)17-26-22-13-11-19(12-14-22)23-10-5-9-21-8-2-3-15-25(21)23/h4,6-7,11-14,16,21,23-24H,2-3,5,8-10,15,17H2,1H3. The van der Waals surface area contributed by atoms with Crippen molar-refractivity contribution in [2.75, 3.05) is 17.5 Å². The molecule has 2 aromatic carbocycles. The number of nitrogens with zero attached hydrogens (tertiary/aromatic N) is 1. The summed E-state index contributed by atoms with van der Waals surface area (Å²) >= 11 is 1.61. The maximum absolute atomic E-state index is 6.03. The van der Waals surface area contributed by atoms with E-state index in [1.807, 2.05) is 6.26 Å². The average Bonchev–Trinajstić information content (AvgIpc) is 2.73. The highest BCUT2D eigenvalue weighted by Crippen LogP contribution is 2.38. The molecule has 27 heavy (non-hydrogen) atoms. The average molecular weight is 383 g/mol. The van der Waals surface area contributed by atoms with Crippen LogP contribution in [0.3, 0.4) is 0 Å². The number of nitrogens with one attached hydrogen (secondary N) is 1. The highest BCUT2D eigenvalue weighted by atomic mass is 32.2. The zero-order valence-corrected chi connectivity index (χ0v) is 17.0. The molecule has 0 amide bonds. The predicted molar refractivity (Wildman–Crippen MR) is 115 cm³/mol. The molecular formula is C23H30N2OS. The quantitative estimate of drug-likeness (QED) is 0.616. The molecule has 2 heterocycles. The van der Waals surface area contributed by atoms with Crippen LogP contribution < -0.4 is 9.46 Å². The fourth-order valence-electron chi connectivity index (χ4n) is 4.61. The van der Waals surface area contributed by atoms with Crippen LogP contribution in [-0.4, -0.2) is 23.7 Å². The highest BCUT2D eigenvalue weighted by Gasteiger charge is 2.32. The van der Waals surface area contributed by atoms with Crippen LogP contribution in [0.4, 0.5) is 5.69 Å². The van der Waals surface area contributed by atoms with Gasteiger partial charge >= 0.3 is 0 Å². The fourth-order valence-corrected chi connectivity index (χ4v) is 4.97. The molecule has 3 nitrogen and oxygen atoms in total. The second-order valence-corrected chi connectivity index (χ2v) is 8.31. The van der Waals surface area contributed by atoms with Crippen LogP contribution in [0.5, 0.6) is 5.75 Å². The van der Waals surface area contributed by atoms with E-state index in [0.717, 1.165) is 17.5 Å². The number of anilines is 1. The van der Waals surface area contributed by atoms with Gasteiger partial charge in [-0.2, -0.15) is 0 Å². The summed E-state index contributed by atoms with van der Waals surface area (Å²) in [6, 6.07) is 18.7. The van der Waals surface area contributed by atoms with Crippen molar-refractivity contribution in [1.82, 2.24) is 4.90 Å². The molecule has 0 spiro atoms. The number of benzene rings is 2. The van der Waals surface area contributed by atoms with Crippen molar-refractivity contribution < 1.29 is 4.74 Å². The summed E-state index contributed by atoms with van der Waals surface area (Å²) in [4.78, 5) is 2.77. The Kier molecular flexibility index (Phi) is 6.25. The lowest BCUT2D eigenvalue weighted by Crippen LogP contribution is -2.44. The number of hydrogen-bond donors (Lipinski definition) is 1. The Balaban J connectivity index is 1.38. The summed E-state index contributed by atoms with van der Waals surface area (Å²) in [6.45, 7) is 1.87. The molecule has 144 valence electrons. The van der Waals surface area contributed by atoms with E-state index in [-0.39, 0.29) is 0 Å². The number of fused-ring (bicyclic) bond motifs is 1. The summed E-state index contributed by atoms with van der Waals surface area (Å²) < 4.78 is 9.30. The Hall–Kier alpha value is -1.65. The molecule has 0 aliphatic carbocycles. The smallest absolute Gasteiger partial charge is 0.119 e. The second-order valence-electron chi connectivity index (χ2n) is 7.70. The van der Waals surface area contributed by atoms with E-state index in [1.54, 1.807) is 11.9 Å². The fraction of sp³-hybridized carbons (Fsp3) is 0.478. The molecule has 2 aliphatic rings. The molecule has 0 bridgehead atoms. The van der Waals surface area contributed by atoms with Crippen LogP contribution >= 0.6 is 11.9 Å². The van der Waals surface area contributed by atoms with Crippen LogP contribution in [-0.2, 0) is 6.61 Å². The number of rotatable bonds is 6. The third-order valence-electron chi connectivity index (χ3n) is 5.91. The van der Waals surface area contributed by atoms with E-state index in [4.69, 9.17) is 4.74 Å². The van der Waals surface area contributed by atoms with Gasteiger partial charge in [0, 0.05) is 24.0 Å². The molecule has 2 fully saturated rings. The molecule has 2 saturated heterocycles.